The summed E-state index contributed by atoms with van der Waals surface area (Å²) < 4.78 is 0. The van der Waals surface area contributed by atoms with Crippen LogP contribution in [0.4, 0.5) is 11.4 Å². The van der Waals surface area contributed by atoms with Gasteiger partial charge in [-0.15, -0.1) is 11.3 Å². The van der Waals surface area contributed by atoms with E-state index >= 15 is 0 Å². The highest BCUT2D eigenvalue weighted by Crippen LogP contribution is 2.28. The van der Waals surface area contributed by atoms with Crippen LogP contribution in [0.15, 0.2) is 54.0 Å². The summed E-state index contributed by atoms with van der Waals surface area (Å²) in [6.07, 6.45) is 1.65. The molecule has 0 aliphatic carbocycles. The van der Waals surface area contributed by atoms with Crippen molar-refractivity contribution in [3.8, 4) is 17.3 Å². The van der Waals surface area contributed by atoms with Gasteiger partial charge in [-0.2, -0.15) is 5.26 Å². The molecule has 2 aromatic carbocycles. The van der Waals surface area contributed by atoms with Gasteiger partial charge in [-0.3, -0.25) is 4.79 Å². The van der Waals surface area contributed by atoms with Gasteiger partial charge in [-0.1, -0.05) is 23.8 Å². The van der Waals surface area contributed by atoms with Crippen LogP contribution in [0.5, 0.6) is 0 Å². The van der Waals surface area contributed by atoms with Crippen molar-refractivity contribution in [3.05, 3.63) is 70.2 Å². The smallest absolute Gasteiger partial charge is 0.221 e. The largest absolute Gasteiger partial charge is 0.360 e. The number of rotatable bonds is 5. The van der Waals surface area contributed by atoms with Crippen molar-refractivity contribution in [2.24, 2.45) is 0 Å². The summed E-state index contributed by atoms with van der Waals surface area (Å²) in [7, 11) is 0. The number of hydrogen-bond acceptors (Lipinski definition) is 5. The summed E-state index contributed by atoms with van der Waals surface area (Å²) in [5.41, 5.74) is 6.32. The first kappa shape index (κ1) is 19.3. The van der Waals surface area contributed by atoms with E-state index in [2.05, 4.69) is 53.7 Å². The maximum absolute atomic E-state index is 11.1. The highest BCUT2D eigenvalue weighted by Gasteiger charge is 2.10. The Bertz CT molecular complexity index is 1070. The number of carbonyl (C=O) groups excluding carboxylic acids is 1. The fraction of sp³-hybridized carbons (Fsp3) is 0.136. The van der Waals surface area contributed by atoms with Gasteiger partial charge >= 0.3 is 0 Å². The lowest BCUT2D eigenvalue weighted by Crippen LogP contribution is -2.05. The summed E-state index contributed by atoms with van der Waals surface area (Å²) in [6.45, 7) is 5.59. The molecule has 0 atom stereocenters. The van der Waals surface area contributed by atoms with Crippen LogP contribution in [0.1, 0.15) is 23.1 Å². The van der Waals surface area contributed by atoms with Crippen LogP contribution in [0.25, 0.3) is 16.8 Å². The quantitative estimate of drug-likeness (QED) is 0.577. The molecule has 6 heteroatoms. The second kappa shape index (κ2) is 8.51. The van der Waals surface area contributed by atoms with Crippen molar-refractivity contribution in [2.45, 2.75) is 20.8 Å². The fourth-order valence-corrected chi connectivity index (χ4v) is 3.56. The molecule has 1 aromatic heterocycles. The fourth-order valence-electron chi connectivity index (χ4n) is 2.77. The van der Waals surface area contributed by atoms with Gasteiger partial charge in [-0.05, 0) is 43.7 Å². The van der Waals surface area contributed by atoms with Crippen LogP contribution in [0.3, 0.4) is 0 Å². The summed E-state index contributed by atoms with van der Waals surface area (Å²) in [4.78, 5) is 15.7. The van der Waals surface area contributed by atoms with Gasteiger partial charge in [0.25, 0.3) is 0 Å². The molecule has 28 heavy (non-hydrogen) atoms. The maximum Gasteiger partial charge on any atom is 0.221 e. The topological polar surface area (TPSA) is 77.8 Å². The van der Waals surface area contributed by atoms with Crippen molar-refractivity contribution in [1.29, 1.82) is 5.26 Å². The van der Waals surface area contributed by atoms with E-state index in [0.717, 1.165) is 28.2 Å². The molecule has 3 rings (SSSR count). The number of hydrogen-bond donors (Lipinski definition) is 2. The van der Waals surface area contributed by atoms with Crippen molar-refractivity contribution < 1.29 is 4.79 Å². The number of nitriles is 1. The maximum atomic E-state index is 11.1. The van der Waals surface area contributed by atoms with Gasteiger partial charge in [0.05, 0.1) is 5.69 Å². The van der Waals surface area contributed by atoms with Crippen molar-refractivity contribution in [1.82, 2.24) is 4.98 Å². The number of benzene rings is 2. The minimum Gasteiger partial charge on any atom is -0.360 e. The number of nitrogens with one attached hydrogen (secondary N) is 2. The first-order valence-electron chi connectivity index (χ1n) is 8.74. The van der Waals surface area contributed by atoms with E-state index in [1.54, 1.807) is 18.3 Å². The predicted octanol–water partition coefficient (Wildman–Crippen LogP) is 5.36. The molecule has 3 aromatic rings. The summed E-state index contributed by atoms with van der Waals surface area (Å²) in [5, 5.41) is 18.0. The molecule has 0 unspecified atom stereocenters. The SMILES string of the molecule is CC(=O)Nc1ccc(N/C=C(\C#N)c2nc(-c3ccc(C)cc3C)cs2)cc1. The van der Waals surface area contributed by atoms with Crippen LogP contribution in [-0.2, 0) is 4.79 Å². The first-order chi connectivity index (χ1) is 13.5. The molecule has 0 spiro atoms. The van der Waals surface area contributed by atoms with E-state index in [1.165, 1.54) is 23.8 Å². The number of aryl methyl sites for hydroxylation is 2. The molecule has 0 aliphatic rings. The third kappa shape index (κ3) is 4.64. The molecule has 0 aliphatic heterocycles. The van der Waals surface area contributed by atoms with E-state index in [0.29, 0.717) is 10.6 Å². The second-order valence-electron chi connectivity index (χ2n) is 6.43. The Hall–Kier alpha value is -3.43. The Morgan fingerprint density at radius 2 is 1.86 bits per heavy atom. The van der Waals surface area contributed by atoms with Crippen molar-refractivity contribution in [3.63, 3.8) is 0 Å². The van der Waals surface area contributed by atoms with E-state index < -0.39 is 0 Å². The number of thiazole rings is 1. The molecule has 5 nitrogen and oxygen atoms in total. The second-order valence-corrected chi connectivity index (χ2v) is 7.29. The normalized spacial score (nSPS) is 11.0. The van der Waals surface area contributed by atoms with Crippen LogP contribution in [0.2, 0.25) is 0 Å². The standard InChI is InChI=1S/C22H20N4OS/c1-14-4-9-20(15(2)10-14)21-13-28-22(26-21)17(11-23)12-24-18-5-7-19(8-6-18)25-16(3)27/h4-10,12-13,24H,1-3H3,(H,25,27)/b17-12+. The van der Waals surface area contributed by atoms with Gasteiger partial charge in [-0.25, -0.2) is 4.98 Å². The summed E-state index contributed by atoms with van der Waals surface area (Å²) >= 11 is 1.44. The van der Waals surface area contributed by atoms with Gasteiger partial charge in [0, 0.05) is 35.4 Å². The molecule has 1 amide bonds. The molecule has 0 fully saturated rings. The molecule has 1 heterocycles. The Balaban J connectivity index is 1.77. The minimum absolute atomic E-state index is 0.115. The molecule has 0 saturated carbocycles. The summed E-state index contributed by atoms with van der Waals surface area (Å²) in [6, 6.07) is 15.7. The molecule has 0 radical (unpaired) electrons. The average molecular weight is 388 g/mol. The van der Waals surface area contributed by atoms with Gasteiger partial charge < -0.3 is 10.6 Å². The molecular weight excluding hydrogens is 368 g/mol. The highest BCUT2D eigenvalue weighted by molar-refractivity contribution is 7.11. The molecule has 140 valence electrons. The zero-order valence-corrected chi connectivity index (χ0v) is 16.7. The first-order valence-corrected chi connectivity index (χ1v) is 9.62. The van der Waals surface area contributed by atoms with Crippen molar-refractivity contribution >= 4 is 34.2 Å². The van der Waals surface area contributed by atoms with Crippen molar-refractivity contribution in [2.75, 3.05) is 10.6 Å². The number of anilines is 2. The molecule has 0 bridgehead atoms. The lowest BCUT2D eigenvalue weighted by atomic mass is 10.0. The third-order valence-corrected chi connectivity index (χ3v) is 4.98. The molecular formula is C22H20N4OS. The minimum atomic E-state index is -0.115. The highest BCUT2D eigenvalue weighted by atomic mass is 32.1. The van der Waals surface area contributed by atoms with Crippen LogP contribution < -0.4 is 10.6 Å². The average Bonchev–Trinajstić information content (AvgIpc) is 3.13. The molecule has 0 saturated heterocycles. The van der Waals surface area contributed by atoms with Crippen LogP contribution in [0, 0.1) is 25.2 Å². The summed E-state index contributed by atoms with van der Waals surface area (Å²) in [5.74, 6) is -0.115. The predicted molar refractivity (Wildman–Crippen MR) is 115 cm³/mol. The number of nitrogens with zero attached hydrogens (tertiary/aromatic N) is 2. The Kier molecular flexibility index (Phi) is 5.87. The molecule has 2 N–H and O–H groups in total. The van der Waals surface area contributed by atoms with Crippen LogP contribution in [-0.4, -0.2) is 10.9 Å². The van der Waals surface area contributed by atoms with E-state index in [4.69, 9.17) is 0 Å². The lowest BCUT2D eigenvalue weighted by Gasteiger charge is -2.05. The number of aromatic nitrogens is 1. The zero-order valence-electron chi connectivity index (χ0n) is 15.9. The zero-order chi connectivity index (χ0) is 20.1. The monoisotopic (exact) mass is 388 g/mol. The van der Waals surface area contributed by atoms with Gasteiger partial charge in [0.2, 0.25) is 5.91 Å². The van der Waals surface area contributed by atoms with Crippen LogP contribution >= 0.6 is 11.3 Å². The number of allylic oxidation sites excluding steroid dienone is 1. The van der Waals surface area contributed by atoms with Gasteiger partial charge in [0.15, 0.2) is 0 Å². The van der Waals surface area contributed by atoms with E-state index in [1.807, 2.05) is 17.5 Å². The number of amides is 1. The Morgan fingerprint density at radius 1 is 1.14 bits per heavy atom. The van der Waals surface area contributed by atoms with E-state index in [9.17, 15) is 10.1 Å². The Labute approximate surface area is 168 Å². The third-order valence-electron chi connectivity index (χ3n) is 4.10. The van der Waals surface area contributed by atoms with Gasteiger partial charge in [0.1, 0.15) is 16.6 Å². The van der Waals surface area contributed by atoms with E-state index in [-0.39, 0.29) is 5.91 Å². The number of carbonyl (C=O) groups is 1. The lowest BCUT2D eigenvalue weighted by molar-refractivity contribution is -0.114. The Morgan fingerprint density at radius 3 is 2.50 bits per heavy atom.